The predicted octanol–water partition coefficient (Wildman–Crippen LogP) is 1.48. The standard InChI is InChI=1S/C14H24N2O4S/c1-2-7-15-10-13-5-6-14(20-13)21(17,18)16-8-9-19-11-12-3-4-12/h5-6,12,15-16H,2-4,7-11H2,1H3. The van der Waals surface area contributed by atoms with Crippen molar-refractivity contribution >= 4 is 10.0 Å². The maximum absolute atomic E-state index is 12.0. The molecule has 0 spiro atoms. The zero-order chi connectivity index (χ0) is 15.1. The molecule has 0 unspecified atom stereocenters. The second kappa shape index (κ2) is 7.93. The maximum atomic E-state index is 12.0. The van der Waals surface area contributed by atoms with E-state index in [1.807, 2.05) is 0 Å². The van der Waals surface area contributed by atoms with Crippen molar-refractivity contribution in [2.75, 3.05) is 26.3 Å². The van der Waals surface area contributed by atoms with Crippen LogP contribution in [0.2, 0.25) is 0 Å². The molecule has 1 saturated carbocycles. The van der Waals surface area contributed by atoms with Gasteiger partial charge in [-0.3, -0.25) is 0 Å². The van der Waals surface area contributed by atoms with Crippen LogP contribution in [0.1, 0.15) is 31.9 Å². The van der Waals surface area contributed by atoms with Crippen molar-refractivity contribution in [2.45, 2.75) is 37.8 Å². The number of hydrogen-bond acceptors (Lipinski definition) is 5. The molecule has 21 heavy (non-hydrogen) atoms. The van der Waals surface area contributed by atoms with Crippen LogP contribution in [0.25, 0.3) is 0 Å². The molecule has 0 aromatic carbocycles. The molecule has 0 radical (unpaired) electrons. The second-order valence-electron chi connectivity index (χ2n) is 5.31. The van der Waals surface area contributed by atoms with E-state index in [2.05, 4.69) is 17.0 Å². The van der Waals surface area contributed by atoms with E-state index in [1.54, 1.807) is 6.07 Å². The fraction of sp³-hybridized carbons (Fsp3) is 0.714. The van der Waals surface area contributed by atoms with Gasteiger partial charge in [-0.05, 0) is 43.9 Å². The van der Waals surface area contributed by atoms with Crippen LogP contribution in [-0.2, 0) is 21.3 Å². The third-order valence-corrected chi connectivity index (χ3v) is 4.55. The highest BCUT2D eigenvalue weighted by Crippen LogP contribution is 2.28. The molecular weight excluding hydrogens is 292 g/mol. The number of nitrogens with one attached hydrogen (secondary N) is 2. The van der Waals surface area contributed by atoms with Gasteiger partial charge in [-0.25, -0.2) is 13.1 Å². The third kappa shape index (κ3) is 5.78. The zero-order valence-electron chi connectivity index (χ0n) is 12.4. The van der Waals surface area contributed by atoms with E-state index in [4.69, 9.17) is 9.15 Å². The third-order valence-electron chi connectivity index (χ3n) is 3.22. The van der Waals surface area contributed by atoms with Gasteiger partial charge in [0.2, 0.25) is 5.09 Å². The van der Waals surface area contributed by atoms with E-state index >= 15 is 0 Å². The Labute approximate surface area is 126 Å². The van der Waals surface area contributed by atoms with Gasteiger partial charge in [0.25, 0.3) is 10.0 Å². The van der Waals surface area contributed by atoms with Crippen LogP contribution in [-0.4, -0.2) is 34.7 Å². The van der Waals surface area contributed by atoms with E-state index in [-0.39, 0.29) is 11.6 Å². The Morgan fingerprint density at radius 1 is 1.33 bits per heavy atom. The molecule has 2 N–H and O–H groups in total. The van der Waals surface area contributed by atoms with Crippen LogP contribution >= 0.6 is 0 Å². The lowest BCUT2D eigenvalue weighted by Gasteiger charge is -2.05. The summed E-state index contributed by atoms with van der Waals surface area (Å²) in [6, 6.07) is 3.16. The van der Waals surface area contributed by atoms with Crippen molar-refractivity contribution in [1.29, 1.82) is 0 Å². The Morgan fingerprint density at radius 2 is 2.14 bits per heavy atom. The Hall–Kier alpha value is -0.890. The van der Waals surface area contributed by atoms with Crippen LogP contribution in [0.3, 0.4) is 0 Å². The summed E-state index contributed by atoms with van der Waals surface area (Å²) in [6.45, 7) is 4.86. The molecule has 1 aromatic heterocycles. The molecule has 7 heteroatoms. The van der Waals surface area contributed by atoms with Crippen LogP contribution in [0.15, 0.2) is 21.6 Å². The molecule has 0 atom stereocenters. The highest BCUT2D eigenvalue weighted by atomic mass is 32.2. The normalized spacial score (nSPS) is 15.5. The molecule has 1 aliphatic rings. The Kier molecular flexibility index (Phi) is 6.22. The summed E-state index contributed by atoms with van der Waals surface area (Å²) in [5, 5.41) is 3.12. The first-order chi connectivity index (χ1) is 10.1. The molecule has 0 aliphatic heterocycles. The lowest BCUT2D eigenvalue weighted by atomic mass is 10.4. The second-order valence-corrected chi connectivity index (χ2v) is 7.01. The molecule has 6 nitrogen and oxygen atoms in total. The van der Waals surface area contributed by atoms with Crippen LogP contribution in [0.5, 0.6) is 0 Å². The lowest BCUT2D eigenvalue weighted by molar-refractivity contribution is 0.129. The molecule has 1 aromatic rings. The largest absolute Gasteiger partial charge is 0.447 e. The minimum absolute atomic E-state index is 0.0435. The summed E-state index contributed by atoms with van der Waals surface area (Å²) in [5.74, 6) is 1.30. The number of sulfonamides is 1. The first-order valence-corrected chi connectivity index (χ1v) is 8.97. The van der Waals surface area contributed by atoms with Crippen molar-refractivity contribution in [3.63, 3.8) is 0 Å². The van der Waals surface area contributed by atoms with E-state index in [1.165, 1.54) is 18.9 Å². The van der Waals surface area contributed by atoms with Gasteiger partial charge in [0, 0.05) is 13.2 Å². The van der Waals surface area contributed by atoms with Gasteiger partial charge in [0.15, 0.2) is 0 Å². The summed E-state index contributed by atoms with van der Waals surface area (Å²) >= 11 is 0. The number of hydrogen-bond donors (Lipinski definition) is 2. The fourth-order valence-electron chi connectivity index (χ4n) is 1.84. The van der Waals surface area contributed by atoms with Gasteiger partial charge in [-0.15, -0.1) is 0 Å². The van der Waals surface area contributed by atoms with Crippen molar-refractivity contribution < 1.29 is 17.6 Å². The minimum Gasteiger partial charge on any atom is -0.447 e. The molecule has 0 saturated heterocycles. The smallest absolute Gasteiger partial charge is 0.274 e. The quantitative estimate of drug-likeness (QED) is 0.605. The molecular formula is C14H24N2O4S. The molecule has 1 heterocycles. The van der Waals surface area contributed by atoms with Crippen LogP contribution in [0, 0.1) is 5.92 Å². The van der Waals surface area contributed by atoms with Gasteiger partial charge < -0.3 is 14.5 Å². The summed E-state index contributed by atoms with van der Waals surface area (Å²) in [7, 11) is -3.58. The van der Waals surface area contributed by atoms with E-state index in [0.717, 1.165) is 19.6 Å². The summed E-state index contributed by atoms with van der Waals surface area (Å²) in [5.41, 5.74) is 0. The monoisotopic (exact) mass is 316 g/mol. The first-order valence-electron chi connectivity index (χ1n) is 7.48. The maximum Gasteiger partial charge on any atom is 0.274 e. The average Bonchev–Trinajstić information content (AvgIpc) is 3.14. The van der Waals surface area contributed by atoms with Gasteiger partial charge >= 0.3 is 0 Å². The van der Waals surface area contributed by atoms with E-state index in [0.29, 0.717) is 24.8 Å². The van der Waals surface area contributed by atoms with Gasteiger partial charge in [0.05, 0.1) is 13.2 Å². The molecule has 1 fully saturated rings. The molecule has 0 amide bonds. The van der Waals surface area contributed by atoms with Crippen LogP contribution < -0.4 is 10.0 Å². The first kappa shape index (κ1) is 16.5. The zero-order valence-corrected chi connectivity index (χ0v) is 13.2. The van der Waals surface area contributed by atoms with E-state index < -0.39 is 10.0 Å². The summed E-state index contributed by atoms with van der Waals surface area (Å²) < 4.78 is 37.2. The Bertz CT molecular complexity index is 523. The molecule has 2 rings (SSSR count). The Morgan fingerprint density at radius 3 is 2.86 bits per heavy atom. The number of ether oxygens (including phenoxy) is 1. The fourth-order valence-corrected chi connectivity index (χ4v) is 2.80. The number of rotatable bonds is 11. The van der Waals surface area contributed by atoms with Crippen molar-refractivity contribution in [3.8, 4) is 0 Å². The number of furan rings is 1. The van der Waals surface area contributed by atoms with E-state index in [9.17, 15) is 8.42 Å². The lowest BCUT2D eigenvalue weighted by Crippen LogP contribution is -2.27. The van der Waals surface area contributed by atoms with Crippen molar-refractivity contribution in [3.05, 3.63) is 17.9 Å². The van der Waals surface area contributed by atoms with Gasteiger partial charge in [0.1, 0.15) is 5.76 Å². The molecule has 1 aliphatic carbocycles. The highest BCUT2D eigenvalue weighted by molar-refractivity contribution is 7.89. The molecule has 0 bridgehead atoms. The topological polar surface area (TPSA) is 80.6 Å². The van der Waals surface area contributed by atoms with Gasteiger partial charge in [-0.2, -0.15) is 0 Å². The minimum atomic E-state index is -3.58. The van der Waals surface area contributed by atoms with Gasteiger partial charge in [-0.1, -0.05) is 6.92 Å². The van der Waals surface area contributed by atoms with Crippen molar-refractivity contribution in [1.82, 2.24) is 10.0 Å². The SMILES string of the molecule is CCCNCc1ccc(S(=O)(=O)NCCOCC2CC2)o1. The Balaban J connectivity index is 1.72. The summed E-state index contributed by atoms with van der Waals surface area (Å²) in [6.07, 6.45) is 3.48. The van der Waals surface area contributed by atoms with Crippen LogP contribution in [0.4, 0.5) is 0 Å². The summed E-state index contributed by atoms with van der Waals surface area (Å²) in [4.78, 5) is 0. The predicted molar refractivity (Wildman–Crippen MR) is 79.4 cm³/mol. The van der Waals surface area contributed by atoms with Crippen molar-refractivity contribution in [2.24, 2.45) is 5.92 Å². The highest BCUT2D eigenvalue weighted by Gasteiger charge is 2.21. The average molecular weight is 316 g/mol. The molecule has 120 valence electrons.